The molecule has 0 unspecified atom stereocenters. The first kappa shape index (κ1) is 15.0. The molecule has 0 aliphatic carbocycles. The molecule has 6 heteroatoms. The van der Waals surface area contributed by atoms with Crippen molar-refractivity contribution in [2.24, 2.45) is 0 Å². The fraction of sp³-hybridized carbons (Fsp3) is 0.235. The average molecular weight is 312 g/mol. The average Bonchev–Trinajstić information content (AvgIpc) is 3.00. The van der Waals surface area contributed by atoms with Gasteiger partial charge in [0.25, 0.3) is 0 Å². The second-order valence-corrected chi connectivity index (χ2v) is 5.44. The highest BCUT2D eigenvalue weighted by molar-refractivity contribution is 5.95. The molecule has 23 heavy (non-hydrogen) atoms. The van der Waals surface area contributed by atoms with Crippen molar-refractivity contribution in [1.82, 2.24) is 5.16 Å². The van der Waals surface area contributed by atoms with E-state index in [1.807, 2.05) is 19.9 Å². The van der Waals surface area contributed by atoms with Crippen LogP contribution >= 0.6 is 0 Å². The predicted molar refractivity (Wildman–Crippen MR) is 85.4 cm³/mol. The van der Waals surface area contributed by atoms with Crippen LogP contribution in [-0.4, -0.2) is 11.1 Å². The lowest BCUT2D eigenvalue weighted by Gasteiger charge is -2.10. The maximum atomic E-state index is 12.1. The molecular formula is C17H16N2O4. The van der Waals surface area contributed by atoms with E-state index in [0.29, 0.717) is 29.9 Å². The van der Waals surface area contributed by atoms with Gasteiger partial charge in [0.1, 0.15) is 11.3 Å². The van der Waals surface area contributed by atoms with Crippen LogP contribution in [0.1, 0.15) is 23.3 Å². The van der Waals surface area contributed by atoms with Crippen LogP contribution in [0.3, 0.4) is 0 Å². The summed E-state index contributed by atoms with van der Waals surface area (Å²) >= 11 is 0. The Labute approximate surface area is 132 Å². The van der Waals surface area contributed by atoms with Crippen molar-refractivity contribution in [2.75, 3.05) is 5.32 Å². The van der Waals surface area contributed by atoms with E-state index < -0.39 is 0 Å². The predicted octanol–water partition coefficient (Wildman–Crippen LogP) is 2.97. The summed E-state index contributed by atoms with van der Waals surface area (Å²) in [6.07, 6.45) is 2.35. The molecule has 2 heterocycles. The minimum absolute atomic E-state index is 0.112. The molecule has 0 aliphatic rings. The zero-order valence-electron chi connectivity index (χ0n) is 12.9. The van der Waals surface area contributed by atoms with Crippen LogP contribution in [0.4, 0.5) is 5.69 Å². The fourth-order valence-electron chi connectivity index (χ4n) is 2.42. The summed E-state index contributed by atoms with van der Waals surface area (Å²) in [7, 11) is 0. The van der Waals surface area contributed by atoms with Gasteiger partial charge in [-0.25, -0.2) is 4.79 Å². The lowest BCUT2D eigenvalue weighted by atomic mass is 10.1. The van der Waals surface area contributed by atoms with Gasteiger partial charge in [-0.15, -0.1) is 0 Å². The molecule has 1 N–H and O–H groups in total. The lowest BCUT2D eigenvalue weighted by molar-refractivity contribution is -0.116. The number of carbonyl (C=O) groups is 1. The number of rotatable bonds is 4. The molecule has 1 aromatic carbocycles. The van der Waals surface area contributed by atoms with E-state index in [1.54, 1.807) is 18.3 Å². The van der Waals surface area contributed by atoms with Crippen LogP contribution in [0.15, 0.2) is 44.2 Å². The number of amides is 1. The van der Waals surface area contributed by atoms with Gasteiger partial charge in [-0.2, -0.15) is 0 Å². The van der Waals surface area contributed by atoms with Gasteiger partial charge in [0.05, 0.1) is 6.20 Å². The first-order valence-corrected chi connectivity index (χ1v) is 7.27. The molecule has 0 aliphatic heterocycles. The van der Waals surface area contributed by atoms with Gasteiger partial charge < -0.3 is 14.3 Å². The summed E-state index contributed by atoms with van der Waals surface area (Å²) in [6, 6.07) is 6.76. The summed E-state index contributed by atoms with van der Waals surface area (Å²) in [5.41, 5.74) is 2.50. The van der Waals surface area contributed by atoms with Crippen molar-refractivity contribution in [2.45, 2.75) is 26.7 Å². The number of aryl methyl sites for hydroxylation is 3. The van der Waals surface area contributed by atoms with Gasteiger partial charge in [0.15, 0.2) is 0 Å². The number of nitrogens with zero attached hydrogens (tertiary/aromatic N) is 1. The molecule has 2 aromatic heterocycles. The molecule has 0 radical (unpaired) electrons. The van der Waals surface area contributed by atoms with E-state index in [-0.39, 0.29) is 11.5 Å². The maximum absolute atomic E-state index is 12.1. The third kappa shape index (κ3) is 3.31. The number of nitrogens with one attached hydrogen (secondary N) is 1. The Morgan fingerprint density at radius 1 is 1.22 bits per heavy atom. The number of hydrogen-bond donors (Lipinski definition) is 1. The number of carbonyl (C=O) groups excluding carboxylic acids is 1. The Hall–Kier alpha value is -2.89. The third-order valence-corrected chi connectivity index (χ3v) is 3.66. The Bertz CT molecular complexity index is 910. The van der Waals surface area contributed by atoms with Gasteiger partial charge in [-0.1, -0.05) is 5.16 Å². The summed E-state index contributed by atoms with van der Waals surface area (Å²) in [6.45, 7) is 3.69. The zero-order valence-corrected chi connectivity index (χ0v) is 12.9. The smallest absolute Gasteiger partial charge is 0.336 e. The van der Waals surface area contributed by atoms with Gasteiger partial charge in [0, 0.05) is 36.0 Å². The van der Waals surface area contributed by atoms with Gasteiger partial charge >= 0.3 is 5.63 Å². The van der Waals surface area contributed by atoms with Crippen LogP contribution in [0.25, 0.3) is 11.0 Å². The molecule has 0 fully saturated rings. The first-order chi connectivity index (χ1) is 11.0. The number of fused-ring (bicyclic) bond motifs is 1. The highest BCUT2D eigenvalue weighted by atomic mass is 16.5. The third-order valence-electron chi connectivity index (χ3n) is 3.66. The van der Waals surface area contributed by atoms with Crippen molar-refractivity contribution in [3.8, 4) is 0 Å². The second kappa shape index (κ2) is 6.08. The van der Waals surface area contributed by atoms with E-state index in [0.717, 1.165) is 16.5 Å². The minimum Gasteiger partial charge on any atom is -0.423 e. The normalized spacial score (nSPS) is 10.9. The molecular weight excluding hydrogens is 296 g/mol. The largest absolute Gasteiger partial charge is 0.423 e. The number of benzene rings is 1. The first-order valence-electron chi connectivity index (χ1n) is 7.27. The molecule has 3 rings (SSSR count). The summed E-state index contributed by atoms with van der Waals surface area (Å²) in [4.78, 5) is 23.5. The summed E-state index contributed by atoms with van der Waals surface area (Å²) < 4.78 is 10.2. The summed E-state index contributed by atoms with van der Waals surface area (Å²) in [5.74, 6) is 0.562. The Morgan fingerprint density at radius 2 is 2.04 bits per heavy atom. The fourth-order valence-corrected chi connectivity index (χ4v) is 2.42. The number of aromatic nitrogens is 1. The van der Waals surface area contributed by atoms with E-state index in [4.69, 9.17) is 8.94 Å². The highest BCUT2D eigenvalue weighted by Gasteiger charge is 2.10. The SMILES string of the molecule is Cc1cc2oc(=O)cc(C)c2cc1NC(=O)CCc1ccno1. The Morgan fingerprint density at radius 3 is 2.78 bits per heavy atom. The maximum Gasteiger partial charge on any atom is 0.336 e. The number of hydrogen-bond acceptors (Lipinski definition) is 5. The molecule has 118 valence electrons. The van der Waals surface area contributed by atoms with Gasteiger partial charge in [0.2, 0.25) is 5.91 Å². The van der Waals surface area contributed by atoms with Crippen molar-refractivity contribution >= 4 is 22.6 Å². The van der Waals surface area contributed by atoms with Crippen LogP contribution in [-0.2, 0) is 11.2 Å². The van der Waals surface area contributed by atoms with Crippen molar-refractivity contribution in [1.29, 1.82) is 0 Å². The molecule has 0 bridgehead atoms. The second-order valence-electron chi connectivity index (χ2n) is 5.44. The molecule has 0 saturated heterocycles. The summed E-state index contributed by atoms with van der Waals surface area (Å²) in [5, 5.41) is 7.30. The van der Waals surface area contributed by atoms with Crippen LogP contribution in [0, 0.1) is 13.8 Å². The Kier molecular flexibility index (Phi) is 3.97. The van der Waals surface area contributed by atoms with Crippen molar-refractivity contribution < 1.29 is 13.7 Å². The standard InChI is InChI=1S/C17H16N2O4/c1-10-8-17(21)22-15-7-11(2)14(9-13(10)15)19-16(20)4-3-12-5-6-18-23-12/h5-9H,3-4H2,1-2H3,(H,19,20). The topological polar surface area (TPSA) is 85.3 Å². The molecule has 0 saturated carbocycles. The zero-order chi connectivity index (χ0) is 16.4. The van der Waals surface area contributed by atoms with E-state index in [2.05, 4.69) is 10.5 Å². The molecule has 6 nitrogen and oxygen atoms in total. The van der Waals surface area contributed by atoms with Crippen LogP contribution in [0.2, 0.25) is 0 Å². The van der Waals surface area contributed by atoms with Crippen molar-refractivity contribution in [3.05, 3.63) is 57.8 Å². The molecule has 3 aromatic rings. The minimum atomic E-state index is -0.377. The van der Waals surface area contributed by atoms with E-state index >= 15 is 0 Å². The number of anilines is 1. The molecule has 0 atom stereocenters. The molecule has 1 amide bonds. The quantitative estimate of drug-likeness (QED) is 0.749. The van der Waals surface area contributed by atoms with E-state index in [1.165, 1.54) is 6.07 Å². The highest BCUT2D eigenvalue weighted by Crippen LogP contribution is 2.25. The molecule has 0 spiro atoms. The van der Waals surface area contributed by atoms with Crippen molar-refractivity contribution in [3.63, 3.8) is 0 Å². The Balaban J connectivity index is 1.80. The van der Waals surface area contributed by atoms with Crippen LogP contribution in [0.5, 0.6) is 0 Å². The monoisotopic (exact) mass is 312 g/mol. The van der Waals surface area contributed by atoms with Gasteiger partial charge in [-0.05, 0) is 37.1 Å². The van der Waals surface area contributed by atoms with E-state index in [9.17, 15) is 9.59 Å². The van der Waals surface area contributed by atoms with Crippen LogP contribution < -0.4 is 10.9 Å². The van der Waals surface area contributed by atoms with Gasteiger partial charge in [-0.3, -0.25) is 4.79 Å². The lowest BCUT2D eigenvalue weighted by Crippen LogP contribution is -2.13.